The van der Waals surface area contributed by atoms with Crippen LogP contribution < -0.4 is 5.32 Å². The monoisotopic (exact) mass is 243 g/mol. The molecule has 0 spiro atoms. The maximum absolute atomic E-state index is 11.7. The topological polar surface area (TPSA) is 48.1 Å². The summed E-state index contributed by atoms with van der Waals surface area (Å²) in [4.78, 5) is 17.0. The number of carbonyl (C=O) groups is 1. The van der Waals surface area contributed by atoms with Crippen LogP contribution in [0.4, 0.5) is 0 Å². The Bertz CT molecular complexity index is 575. The van der Waals surface area contributed by atoms with Crippen LogP contribution in [0.5, 0.6) is 0 Å². The van der Waals surface area contributed by atoms with E-state index in [1.807, 2.05) is 23.2 Å². The second-order valence-corrected chi connectivity index (χ2v) is 4.72. The summed E-state index contributed by atoms with van der Waals surface area (Å²) in [5.74, 6) is 0.145. The third-order valence-corrected chi connectivity index (χ3v) is 3.63. The largest absolute Gasteiger partial charge is 0.361 e. The fraction of sp³-hybridized carbons (Fsp3) is 0.357. The molecule has 1 aromatic carbocycles. The van der Waals surface area contributed by atoms with Crippen molar-refractivity contribution in [1.82, 2.24) is 15.2 Å². The van der Waals surface area contributed by atoms with Crippen LogP contribution in [0.2, 0.25) is 0 Å². The van der Waals surface area contributed by atoms with E-state index in [2.05, 4.69) is 22.4 Å². The first-order chi connectivity index (χ1) is 8.77. The first-order valence-corrected chi connectivity index (χ1v) is 6.31. The van der Waals surface area contributed by atoms with E-state index in [1.54, 1.807) is 6.92 Å². The van der Waals surface area contributed by atoms with Gasteiger partial charge in [-0.3, -0.25) is 4.79 Å². The molecule has 18 heavy (non-hydrogen) atoms. The Morgan fingerprint density at radius 3 is 3.06 bits per heavy atom. The standard InChI is InChI=1S/C14H17N3O/c1-10(18)17-7-6-15-9-14(17)12-8-16-13-5-3-2-4-11(12)13/h2-5,8,14-16H,6-7,9H2,1H3. The van der Waals surface area contributed by atoms with Gasteiger partial charge in [-0.05, 0) is 6.07 Å². The Morgan fingerprint density at radius 1 is 1.39 bits per heavy atom. The number of aromatic nitrogens is 1. The van der Waals surface area contributed by atoms with Crippen molar-refractivity contribution in [2.24, 2.45) is 0 Å². The molecule has 3 rings (SSSR count). The average molecular weight is 243 g/mol. The predicted octanol–water partition coefficient (Wildman–Crippen LogP) is 1.66. The van der Waals surface area contributed by atoms with Gasteiger partial charge < -0.3 is 15.2 Å². The highest BCUT2D eigenvalue weighted by atomic mass is 16.2. The number of hydrogen-bond donors (Lipinski definition) is 2. The summed E-state index contributed by atoms with van der Waals surface area (Å²) in [6.07, 6.45) is 2.03. The number of fused-ring (bicyclic) bond motifs is 1. The maximum Gasteiger partial charge on any atom is 0.220 e. The van der Waals surface area contributed by atoms with E-state index >= 15 is 0 Å². The lowest BCUT2D eigenvalue weighted by atomic mass is 10.0. The summed E-state index contributed by atoms with van der Waals surface area (Å²) in [7, 11) is 0. The highest BCUT2D eigenvalue weighted by Crippen LogP contribution is 2.29. The molecule has 1 fully saturated rings. The molecule has 4 heteroatoms. The van der Waals surface area contributed by atoms with Crippen molar-refractivity contribution < 1.29 is 4.79 Å². The zero-order valence-electron chi connectivity index (χ0n) is 10.4. The minimum atomic E-state index is 0.132. The lowest BCUT2D eigenvalue weighted by molar-refractivity contribution is -0.132. The van der Waals surface area contributed by atoms with E-state index in [0.717, 1.165) is 25.2 Å². The molecular weight excluding hydrogens is 226 g/mol. The minimum Gasteiger partial charge on any atom is -0.361 e. The van der Waals surface area contributed by atoms with E-state index in [9.17, 15) is 4.79 Å². The molecular formula is C14H17N3O. The van der Waals surface area contributed by atoms with Crippen molar-refractivity contribution in [3.63, 3.8) is 0 Å². The van der Waals surface area contributed by atoms with Gasteiger partial charge in [0.1, 0.15) is 0 Å². The minimum absolute atomic E-state index is 0.132. The fourth-order valence-corrected chi connectivity index (χ4v) is 2.73. The van der Waals surface area contributed by atoms with Gasteiger partial charge in [-0.1, -0.05) is 18.2 Å². The van der Waals surface area contributed by atoms with Crippen molar-refractivity contribution in [3.05, 3.63) is 36.0 Å². The first kappa shape index (κ1) is 11.3. The molecule has 2 aromatic rings. The Morgan fingerprint density at radius 2 is 2.22 bits per heavy atom. The van der Waals surface area contributed by atoms with E-state index in [1.165, 1.54) is 10.9 Å². The van der Waals surface area contributed by atoms with Gasteiger partial charge in [-0.2, -0.15) is 0 Å². The van der Waals surface area contributed by atoms with Gasteiger partial charge in [0.25, 0.3) is 0 Å². The van der Waals surface area contributed by atoms with Crippen LogP contribution in [0, 0.1) is 0 Å². The molecule has 0 radical (unpaired) electrons. The number of nitrogens with one attached hydrogen (secondary N) is 2. The molecule has 2 heterocycles. The number of nitrogens with zero attached hydrogens (tertiary/aromatic N) is 1. The Labute approximate surface area is 106 Å². The van der Waals surface area contributed by atoms with Crippen molar-refractivity contribution in [2.45, 2.75) is 13.0 Å². The van der Waals surface area contributed by atoms with Crippen molar-refractivity contribution in [1.29, 1.82) is 0 Å². The van der Waals surface area contributed by atoms with Crippen molar-refractivity contribution in [2.75, 3.05) is 19.6 Å². The van der Waals surface area contributed by atoms with Crippen LogP contribution in [-0.2, 0) is 4.79 Å². The van der Waals surface area contributed by atoms with Crippen LogP contribution in [0.3, 0.4) is 0 Å². The number of benzene rings is 1. The summed E-state index contributed by atoms with van der Waals surface area (Å²) in [6, 6.07) is 8.35. The highest BCUT2D eigenvalue weighted by molar-refractivity contribution is 5.84. The van der Waals surface area contributed by atoms with Crippen LogP contribution in [0.15, 0.2) is 30.5 Å². The number of para-hydroxylation sites is 1. The number of aromatic amines is 1. The molecule has 1 aromatic heterocycles. The van der Waals surface area contributed by atoms with E-state index in [4.69, 9.17) is 0 Å². The highest BCUT2D eigenvalue weighted by Gasteiger charge is 2.27. The number of amides is 1. The molecule has 2 N–H and O–H groups in total. The molecule has 1 aliphatic rings. The van der Waals surface area contributed by atoms with Gasteiger partial charge in [0.15, 0.2) is 0 Å². The van der Waals surface area contributed by atoms with E-state index in [-0.39, 0.29) is 11.9 Å². The lowest BCUT2D eigenvalue weighted by Crippen LogP contribution is -2.47. The summed E-state index contributed by atoms with van der Waals surface area (Å²) in [5, 5.41) is 4.57. The maximum atomic E-state index is 11.7. The molecule has 0 saturated carbocycles. The van der Waals surface area contributed by atoms with Gasteiger partial charge in [0, 0.05) is 49.2 Å². The Hall–Kier alpha value is -1.81. The predicted molar refractivity (Wildman–Crippen MR) is 71.3 cm³/mol. The molecule has 94 valence electrons. The third-order valence-electron chi connectivity index (χ3n) is 3.63. The van der Waals surface area contributed by atoms with Gasteiger partial charge in [0.2, 0.25) is 5.91 Å². The molecule has 1 atom stereocenters. The molecule has 0 aliphatic carbocycles. The Balaban J connectivity index is 2.04. The normalized spacial score (nSPS) is 20.3. The summed E-state index contributed by atoms with van der Waals surface area (Å²) < 4.78 is 0. The number of piperazine rings is 1. The molecule has 1 unspecified atom stereocenters. The quantitative estimate of drug-likeness (QED) is 0.800. The van der Waals surface area contributed by atoms with Gasteiger partial charge in [0.05, 0.1) is 6.04 Å². The molecule has 1 aliphatic heterocycles. The van der Waals surface area contributed by atoms with Gasteiger partial charge >= 0.3 is 0 Å². The molecule has 0 bridgehead atoms. The van der Waals surface area contributed by atoms with Gasteiger partial charge in [-0.25, -0.2) is 0 Å². The zero-order chi connectivity index (χ0) is 12.5. The second kappa shape index (κ2) is 4.46. The Kier molecular flexibility index (Phi) is 2.80. The van der Waals surface area contributed by atoms with Crippen LogP contribution >= 0.6 is 0 Å². The molecule has 1 amide bonds. The van der Waals surface area contributed by atoms with E-state index in [0.29, 0.717) is 0 Å². The summed E-state index contributed by atoms with van der Waals surface area (Å²) in [6.45, 7) is 4.12. The molecule has 4 nitrogen and oxygen atoms in total. The zero-order valence-corrected chi connectivity index (χ0v) is 10.4. The third kappa shape index (κ3) is 1.78. The van der Waals surface area contributed by atoms with Crippen LogP contribution in [-0.4, -0.2) is 35.4 Å². The SMILES string of the molecule is CC(=O)N1CCNCC1c1c[nH]c2ccccc12. The van der Waals surface area contributed by atoms with Crippen molar-refractivity contribution in [3.8, 4) is 0 Å². The summed E-state index contributed by atoms with van der Waals surface area (Å²) in [5.41, 5.74) is 2.33. The van der Waals surface area contributed by atoms with Crippen LogP contribution in [0.1, 0.15) is 18.5 Å². The molecule has 1 saturated heterocycles. The second-order valence-electron chi connectivity index (χ2n) is 4.72. The number of rotatable bonds is 1. The smallest absolute Gasteiger partial charge is 0.220 e. The number of hydrogen-bond acceptors (Lipinski definition) is 2. The summed E-state index contributed by atoms with van der Waals surface area (Å²) >= 11 is 0. The van der Waals surface area contributed by atoms with Crippen LogP contribution in [0.25, 0.3) is 10.9 Å². The average Bonchev–Trinajstić information content (AvgIpc) is 2.82. The van der Waals surface area contributed by atoms with Gasteiger partial charge in [-0.15, -0.1) is 0 Å². The number of carbonyl (C=O) groups excluding carboxylic acids is 1. The number of H-pyrrole nitrogens is 1. The first-order valence-electron chi connectivity index (χ1n) is 6.31. The van der Waals surface area contributed by atoms with E-state index < -0.39 is 0 Å². The van der Waals surface area contributed by atoms with Crippen molar-refractivity contribution >= 4 is 16.8 Å². The lowest BCUT2D eigenvalue weighted by Gasteiger charge is -2.35. The fourth-order valence-electron chi connectivity index (χ4n) is 2.73.